The molecule has 2 heterocycles. The minimum absolute atomic E-state index is 0.195. The summed E-state index contributed by atoms with van der Waals surface area (Å²) in [5, 5.41) is 5.47. The van der Waals surface area contributed by atoms with E-state index in [0.717, 1.165) is 32.1 Å². The molecule has 2 aromatic carbocycles. The first kappa shape index (κ1) is 19.9. The van der Waals surface area contributed by atoms with Crippen molar-refractivity contribution < 1.29 is 13.5 Å². The molecule has 0 radical (unpaired) electrons. The van der Waals surface area contributed by atoms with Gasteiger partial charge >= 0.3 is 5.69 Å². The Kier molecular flexibility index (Phi) is 5.42. The van der Waals surface area contributed by atoms with Crippen molar-refractivity contribution in [3.05, 3.63) is 87.2 Å². The van der Waals surface area contributed by atoms with E-state index in [1.165, 1.54) is 23.7 Å². The summed E-state index contributed by atoms with van der Waals surface area (Å²) in [7, 11) is 0. The summed E-state index contributed by atoms with van der Waals surface area (Å²) in [5.74, 6) is -0.866. The third-order valence-electron chi connectivity index (χ3n) is 4.39. The van der Waals surface area contributed by atoms with Crippen LogP contribution in [0.1, 0.15) is 16.3 Å². The second kappa shape index (κ2) is 8.17. The molecule has 0 spiro atoms. The molecule has 0 unspecified atom stereocenters. The number of ether oxygens (including phenoxy) is 1. The number of halogens is 2. The molecular weight excluding hydrogens is 412 g/mol. The van der Waals surface area contributed by atoms with Crippen LogP contribution in [-0.4, -0.2) is 19.3 Å². The van der Waals surface area contributed by atoms with Crippen molar-refractivity contribution in [1.29, 1.82) is 0 Å². The molecule has 0 saturated carbocycles. The molecule has 0 atom stereocenters. The number of nitrogens with zero attached hydrogens (tertiary/aromatic N) is 4. The van der Waals surface area contributed by atoms with E-state index >= 15 is 0 Å². The summed E-state index contributed by atoms with van der Waals surface area (Å²) in [6.07, 6.45) is 1.24. The third-order valence-corrected chi connectivity index (χ3v) is 5.45. The van der Waals surface area contributed by atoms with Crippen molar-refractivity contribution in [3.63, 3.8) is 0 Å². The molecule has 10 heteroatoms. The predicted octanol–water partition coefficient (Wildman–Crippen LogP) is 3.38. The van der Waals surface area contributed by atoms with E-state index in [2.05, 4.69) is 10.1 Å². The lowest BCUT2D eigenvalue weighted by molar-refractivity contribution is 0.491. The van der Waals surface area contributed by atoms with Crippen LogP contribution in [-0.2, 0) is 13.1 Å². The molecule has 0 aliphatic heterocycles. The van der Waals surface area contributed by atoms with Gasteiger partial charge in [-0.3, -0.25) is 4.57 Å². The highest BCUT2D eigenvalue weighted by Crippen LogP contribution is 2.31. The van der Waals surface area contributed by atoms with Crippen LogP contribution in [0.4, 0.5) is 8.78 Å². The van der Waals surface area contributed by atoms with Gasteiger partial charge in [-0.05, 0) is 43.3 Å². The van der Waals surface area contributed by atoms with E-state index in [4.69, 9.17) is 10.5 Å². The Hall–Kier alpha value is -3.37. The van der Waals surface area contributed by atoms with Crippen molar-refractivity contribution in [3.8, 4) is 16.5 Å². The Morgan fingerprint density at radius 2 is 1.83 bits per heavy atom. The Balaban J connectivity index is 1.55. The van der Waals surface area contributed by atoms with Crippen LogP contribution in [0.15, 0.2) is 53.6 Å². The van der Waals surface area contributed by atoms with Gasteiger partial charge in [0, 0.05) is 12.1 Å². The van der Waals surface area contributed by atoms with Crippen molar-refractivity contribution in [2.24, 2.45) is 5.73 Å². The summed E-state index contributed by atoms with van der Waals surface area (Å²) in [4.78, 5) is 16.9. The van der Waals surface area contributed by atoms with Gasteiger partial charge in [-0.25, -0.2) is 18.6 Å². The van der Waals surface area contributed by atoms with Gasteiger partial charge in [0.25, 0.3) is 0 Å². The number of hydrogen-bond donors (Lipinski definition) is 1. The zero-order chi connectivity index (χ0) is 21.3. The first-order valence-corrected chi connectivity index (χ1v) is 9.80. The Morgan fingerprint density at radius 3 is 2.47 bits per heavy atom. The Morgan fingerprint density at radius 1 is 1.13 bits per heavy atom. The van der Waals surface area contributed by atoms with Crippen LogP contribution in [0.5, 0.6) is 10.8 Å². The number of rotatable bonds is 6. The molecule has 0 bridgehead atoms. The molecule has 4 aromatic rings. The van der Waals surface area contributed by atoms with Crippen molar-refractivity contribution in [1.82, 2.24) is 19.3 Å². The van der Waals surface area contributed by atoms with E-state index in [1.807, 2.05) is 6.92 Å². The highest BCUT2D eigenvalue weighted by molar-refractivity contribution is 7.13. The predicted molar refractivity (Wildman–Crippen MR) is 108 cm³/mol. The lowest BCUT2D eigenvalue weighted by Crippen LogP contribution is -2.24. The first-order valence-electron chi connectivity index (χ1n) is 8.98. The van der Waals surface area contributed by atoms with Gasteiger partial charge < -0.3 is 10.5 Å². The fourth-order valence-electron chi connectivity index (χ4n) is 2.85. The maximum absolute atomic E-state index is 13.9. The van der Waals surface area contributed by atoms with Crippen molar-refractivity contribution in [2.75, 3.05) is 0 Å². The molecule has 0 fully saturated rings. The minimum atomic E-state index is -0.715. The van der Waals surface area contributed by atoms with E-state index in [9.17, 15) is 13.6 Å². The van der Waals surface area contributed by atoms with E-state index < -0.39 is 17.3 Å². The third kappa shape index (κ3) is 3.87. The zero-order valence-electron chi connectivity index (χ0n) is 15.9. The molecule has 7 nitrogen and oxygen atoms in total. The topological polar surface area (TPSA) is 88.0 Å². The first-order chi connectivity index (χ1) is 14.5. The average molecular weight is 429 g/mol. The number of aromatic nitrogens is 4. The van der Waals surface area contributed by atoms with Crippen LogP contribution < -0.4 is 16.2 Å². The highest BCUT2D eigenvalue weighted by Gasteiger charge is 2.14. The van der Waals surface area contributed by atoms with Crippen molar-refractivity contribution >= 4 is 11.3 Å². The monoisotopic (exact) mass is 429 g/mol. The normalized spacial score (nSPS) is 11.1. The number of nitrogens with two attached hydrogens (primary N) is 1. The fraction of sp³-hybridized carbons (Fsp3) is 0.150. The molecular formula is C20H17F2N5O2S. The van der Waals surface area contributed by atoms with Gasteiger partial charge in [0.2, 0.25) is 5.06 Å². The summed E-state index contributed by atoms with van der Waals surface area (Å²) < 4.78 is 35.8. The second-order valence-electron chi connectivity index (χ2n) is 6.43. The van der Waals surface area contributed by atoms with Crippen LogP contribution in [0, 0.1) is 18.6 Å². The smallest absolute Gasteiger partial charge is 0.350 e. The lowest BCUT2D eigenvalue weighted by atomic mass is 10.2. The minimum Gasteiger partial charge on any atom is -0.445 e. The Labute approximate surface area is 174 Å². The van der Waals surface area contributed by atoms with Crippen LogP contribution >= 0.6 is 11.3 Å². The quantitative estimate of drug-likeness (QED) is 0.508. The van der Waals surface area contributed by atoms with Gasteiger partial charge in [0.05, 0.1) is 17.9 Å². The summed E-state index contributed by atoms with van der Waals surface area (Å²) in [5.41, 5.74) is 6.13. The maximum atomic E-state index is 13.9. The van der Waals surface area contributed by atoms with Gasteiger partial charge in [-0.15, -0.1) is 0 Å². The lowest BCUT2D eigenvalue weighted by Gasteiger charge is -2.06. The molecule has 30 heavy (non-hydrogen) atoms. The molecule has 0 aliphatic rings. The summed E-state index contributed by atoms with van der Waals surface area (Å²) >= 11 is 1.37. The van der Waals surface area contributed by atoms with Gasteiger partial charge in [0.1, 0.15) is 28.7 Å². The molecule has 0 amide bonds. The van der Waals surface area contributed by atoms with Gasteiger partial charge in [0.15, 0.2) is 0 Å². The van der Waals surface area contributed by atoms with Crippen LogP contribution in [0.3, 0.4) is 0 Å². The largest absolute Gasteiger partial charge is 0.445 e. The van der Waals surface area contributed by atoms with E-state index in [0.29, 0.717) is 23.0 Å². The SMILES string of the molecule is Cc1nc(CN)sc1Oc1ccc(-n2ncn(Cc3c(F)cccc3F)c2=O)cc1. The summed E-state index contributed by atoms with van der Waals surface area (Å²) in [6, 6.07) is 10.3. The molecule has 0 aliphatic carbocycles. The maximum Gasteiger partial charge on any atom is 0.350 e. The van der Waals surface area contributed by atoms with E-state index in [1.54, 1.807) is 24.3 Å². The summed E-state index contributed by atoms with van der Waals surface area (Å²) in [6.45, 7) is 1.92. The number of thiazole rings is 1. The second-order valence-corrected chi connectivity index (χ2v) is 7.48. The van der Waals surface area contributed by atoms with E-state index in [-0.39, 0.29) is 12.1 Å². The zero-order valence-corrected chi connectivity index (χ0v) is 16.7. The van der Waals surface area contributed by atoms with Crippen LogP contribution in [0.2, 0.25) is 0 Å². The standard InChI is InChI=1S/C20H17F2N5O2S/c1-12-19(30-18(9-23)25-12)29-14-7-5-13(6-8-14)27-20(28)26(11-24-27)10-15-16(21)3-2-4-17(15)22/h2-8,11H,9-10,23H2,1H3. The number of hydrogen-bond acceptors (Lipinski definition) is 6. The Bertz CT molecular complexity index is 1230. The fourth-order valence-corrected chi connectivity index (χ4v) is 3.67. The van der Waals surface area contributed by atoms with Crippen LogP contribution in [0.25, 0.3) is 5.69 Å². The number of aryl methyl sites for hydroxylation is 1. The highest BCUT2D eigenvalue weighted by atomic mass is 32.1. The molecule has 0 saturated heterocycles. The average Bonchev–Trinajstić information content (AvgIpc) is 3.28. The molecule has 4 rings (SSSR count). The number of benzene rings is 2. The van der Waals surface area contributed by atoms with Gasteiger partial charge in [-0.1, -0.05) is 17.4 Å². The molecule has 2 aromatic heterocycles. The van der Waals surface area contributed by atoms with Gasteiger partial charge in [-0.2, -0.15) is 9.78 Å². The molecule has 154 valence electrons. The molecule has 2 N–H and O–H groups in total. The van der Waals surface area contributed by atoms with Crippen molar-refractivity contribution in [2.45, 2.75) is 20.0 Å².